The highest BCUT2D eigenvalue weighted by Gasteiger charge is 2.70. The first-order valence-electron chi connectivity index (χ1n) is 10.4. The summed E-state index contributed by atoms with van der Waals surface area (Å²) < 4.78 is 0. The zero-order chi connectivity index (χ0) is 22.6. The second-order valence-electron chi connectivity index (χ2n) is 9.69. The largest absolute Gasteiger partial charge is 0.328 e. The van der Waals surface area contributed by atoms with Crippen LogP contribution in [0.3, 0.4) is 0 Å². The van der Waals surface area contributed by atoms with E-state index >= 15 is 0 Å². The molecule has 5 atom stereocenters. The number of piperidine rings is 1. The van der Waals surface area contributed by atoms with Crippen molar-refractivity contribution in [1.29, 1.82) is 5.26 Å². The van der Waals surface area contributed by atoms with Gasteiger partial charge in [0.2, 0.25) is 18.6 Å². The molecule has 4 rings (SSSR count). The van der Waals surface area contributed by atoms with Crippen molar-refractivity contribution in [2.75, 3.05) is 18.4 Å². The molecule has 1 saturated carbocycles. The molecular weight excluding hydrogens is 396 g/mol. The molecule has 31 heavy (non-hydrogen) atoms. The number of hydrogen-bond donors (Lipinski definition) is 1. The summed E-state index contributed by atoms with van der Waals surface area (Å²) in [5.74, 6) is -0.793. The van der Waals surface area contributed by atoms with Gasteiger partial charge in [0, 0.05) is 24.2 Å². The topological polar surface area (TPSA) is 111 Å². The van der Waals surface area contributed by atoms with Gasteiger partial charge in [-0.1, -0.05) is 39.0 Å². The highest BCUT2D eigenvalue weighted by Crippen LogP contribution is 2.65. The Morgan fingerprint density at radius 3 is 2.55 bits per heavy atom. The maximum atomic E-state index is 13.7. The average Bonchev–Trinajstić information content (AvgIpc) is 3.10. The lowest BCUT2D eigenvalue weighted by molar-refractivity contribution is -0.148. The van der Waals surface area contributed by atoms with Crippen LogP contribution in [0.2, 0.25) is 0 Å². The number of likely N-dealkylation sites (tertiary alicyclic amines) is 2. The lowest BCUT2D eigenvalue weighted by atomic mass is 9.79. The van der Waals surface area contributed by atoms with E-state index < -0.39 is 23.4 Å². The van der Waals surface area contributed by atoms with E-state index in [1.165, 1.54) is 4.90 Å². The molecule has 0 spiro atoms. The molecule has 8 nitrogen and oxygen atoms in total. The third-order valence-electron chi connectivity index (χ3n) is 7.61. The van der Waals surface area contributed by atoms with E-state index in [0.29, 0.717) is 31.6 Å². The van der Waals surface area contributed by atoms with Crippen LogP contribution in [0.25, 0.3) is 0 Å². The molecular formula is C23H26N4O4. The van der Waals surface area contributed by atoms with E-state index in [-0.39, 0.29) is 29.4 Å². The lowest BCUT2D eigenvalue weighted by Crippen LogP contribution is -2.52. The zero-order valence-electron chi connectivity index (χ0n) is 17.9. The second-order valence-corrected chi connectivity index (χ2v) is 9.69. The molecule has 1 aromatic carbocycles. The smallest absolute Gasteiger partial charge is 0.287 e. The van der Waals surface area contributed by atoms with Crippen LogP contribution in [-0.2, 0) is 24.6 Å². The predicted molar refractivity (Wildman–Crippen MR) is 112 cm³/mol. The van der Waals surface area contributed by atoms with Crippen molar-refractivity contribution in [2.24, 2.45) is 17.3 Å². The number of nitrogens with one attached hydrogen (secondary N) is 1. The number of nitriles is 1. The summed E-state index contributed by atoms with van der Waals surface area (Å²) in [5.41, 5.74) is 0.882. The van der Waals surface area contributed by atoms with Gasteiger partial charge in [-0.05, 0) is 35.3 Å². The molecule has 8 heteroatoms. The average molecular weight is 422 g/mol. The normalized spacial score (nSPS) is 32.7. The van der Waals surface area contributed by atoms with Gasteiger partial charge in [-0.25, -0.2) is 0 Å². The first-order chi connectivity index (χ1) is 14.7. The standard InChI is InChI=1S/C23H26N4O4/c1-22(2)16-10-26(18(30)11-28)20(19(16)22)21(31)27-12-23(3,8-14(27)9-24)15-6-4-5-7-17(15)25-13-29/h4-7,11,13-14,16,19-20H,8,10,12H2,1-3H3,(H,25,29). The Balaban J connectivity index is 1.66. The van der Waals surface area contributed by atoms with Crippen LogP contribution in [0, 0.1) is 28.6 Å². The fourth-order valence-electron chi connectivity index (χ4n) is 5.86. The summed E-state index contributed by atoms with van der Waals surface area (Å²) in [7, 11) is 0. The molecule has 0 bridgehead atoms. The van der Waals surface area contributed by atoms with Crippen molar-refractivity contribution in [2.45, 2.75) is 44.7 Å². The first kappa shape index (κ1) is 21.0. The SMILES string of the molecule is CC1(c2ccccc2NC=O)CC(C#N)N(C(=O)C2C3C(CN2C(=O)C=O)C3(C)C)C1. The van der Waals surface area contributed by atoms with Crippen LogP contribution in [-0.4, -0.2) is 59.5 Å². The van der Waals surface area contributed by atoms with E-state index in [4.69, 9.17) is 0 Å². The minimum absolute atomic E-state index is 0.0147. The zero-order valence-corrected chi connectivity index (χ0v) is 17.9. The number of rotatable bonds is 5. The molecule has 0 radical (unpaired) electrons. The Morgan fingerprint density at radius 1 is 1.19 bits per heavy atom. The maximum absolute atomic E-state index is 13.7. The van der Waals surface area contributed by atoms with E-state index in [1.54, 1.807) is 11.0 Å². The van der Waals surface area contributed by atoms with Gasteiger partial charge >= 0.3 is 0 Å². The van der Waals surface area contributed by atoms with Gasteiger partial charge in [0.15, 0.2) is 0 Å². The molecule has 2 aliphatic heterocycles. The van der Waals surface area contributed by atoms with Crippen molar-refractivity contribution in [3.05, 3.63) is 29.8 Å². The number of nitrogens with zero attached hydrogens (tertiary/aromatic N) is 3. The van der Waals surface area contributed by atoms with E-state index in [1.807, 2.05) is 25.1 Å². The number of hydrogen-bond acceptors (Lipinski definition) is 5. The van der Waals surface area contributed by atoms with Gasteiger partial charge in [-0.15, -0.1) is 0 Å². The Labute approximate surface area is 181 Å². The van der Waals surface area contributed by atoms with Crippen molar-refractivity contribution in [3.63, 3.8) is 0 Å². The number of aldehydes is 1. The molecule has 162 valence electrons. The quantitative estimate of drug-likeness (QED) is 0.568. The molecule has 1 aliphatic carbocycles. The number of amides is 3. The Bertz CT molecular complexity index is 1000. The van der Waals surface area contributed by atoms with Crippen molar-refractivity contribution in [1.82, 2.24) is 9.80 Å². The predicted octanol–water partition coefficient (Wildman–Crippen LogP) is 1.32. The molecule has 1 aromatic rings. The van der Waals surface area contributed by atoms with Crippen LogP contribution < -0.4 is 5.32 Å². The third kappa shape index (κ3) is 3.11. The van der Waals surface area contributed by atoms with Crippen LogP contribution in [0.5, 0.6) is 0 Å². The maximum Gasteiger partial charge on any atom is 0.287 e. The van der Waals surface area contributed by atoms with Crippen LogP contribution in [0.15, 0.2) is 24.3 Å². The highest BCUT2D eigenvalue weighted by atomic mass is 16.2. The monoisotopic (exact) mass is 422 g/mol. The van der Waals surface area contributed by atoms with Crippen molar-refractivity contribution >= 4 is 30.2 Å². The summed E-state index contributed by atoms with van der Waals surface area (Å²) >= 11 is 0. The number of fused-ring (bicyclic) bond motifs is 1. The Hall–Kier alpha value is -3.21. The fraction of sp³-hybridized carbons (Fsp3) is 0.522. The van der Waals surface area contributed by atoms with E-state index in [0.717, 1.165) is 5.56 Å². The number of benzene rings is 1. The molecule has 3 fully saturated rings. The summed E-state index contributed by atoms with van der Waals surface area (Å²) in [5, 5.41) is 12.5. The molecule has 5 unspecified atom stereocenters. The highest BCUT2D eigenvalue weighted by molar-refractivity contribution is 6.24. The Kier molecular flexibility index (Phi) is 4.88. The van der Waals surface area contributed by atoms with E-state index in [2.05, 4.69) is 25.2 Å². The third-order valence-corrected chi connectivity index (χ3v) is 7.61. The van der Waals surface area contributed by atoms with Gasteiger partial charge in [-0.3, -0.25) is 19.2 Å². The van der Waals surface area contributed by atoms with E-state index in [9.17, 15) is 24.4 Å². The molecule has 2 heterocycles. The number of carbonyl (C=O) groups is 4. The van der Waals surface area contributed by atoms with Gasteiger partial charge < -0.3 is 15.1 Å². The van der Waals surface area contributed by atoms with Gasteiger partial charge in [-0.2, -0.15) is 5.26 Å². The number of anilines is 1. The van der Waals surface area contributed by atoms with Crippen LogP contribution in [0.1, 0.15) is 32.8 Å². The van der Waals surface area contributed by atoms with Crippen molar-refractivity contribution < 1.29 is 19.2 Å². The summed E-state index contributed by atoms with van der Waals surface area (Å²) in [6.45, 7) is 6.80. The molecule has 1 N–H and O–H groups in total. The second kappa shape index (κ2) is 7.19. The van der Waals surface area contributed by atoms with Gasteiger partial charge in [0.25, 0.3) is 5.91 Å². The molecule has 2 saturated heterocycles. The Morgan fingerprint density at radius 2 is 1.90 bits per heavy atom. The summed E-state index contributed by atoms with van der Waals surface area (Å²) in [6, 6.07) is 8.23. The number of carbonyl (C=O) groups excluding carboxylic acids is 4. The molecule has 3 aliphatic rings. The molecule has 0 aromatic heterocycles. The lowest BCUT2D eigenvalue weighted by Gasteiger charge is -2.33. The van der Waals surface area contributed by atoms with Crippen LogP contribution >= 0.6 is 0 Å². The summed E-state index contributed by atoms with van der Waals surface area (Å²) in [4.78, 5) is 51.1. The van der Waals surface area contributed by atoms with Crippen molar-refractivity contribution in [3.8, 4) is 6.07 Å². The number of para-hydroxylation sites is 1. The van der Waals surface area contributed by atoms with Crippen LogP contribution in [0.4, 0.5) is 5.69 Å². The van der Waals surface area contributed by atoms with Gasteiger partial charge in [0.05, 0.1) is 6.07 Å². The minimum atomic E-state index is -0.723. The van der Waals surface area contributed by atoms with Gasteiger partial charge in [0.1, 0.15) is 12.1 Å². The summed E-state index contributed by atoms with van der Waals surface area (Å²) in [6.07, 6.45) is 1.28. The molecule has 3 amide bonds. The fourth-order valence-corrected chi connectivity index (χ4v) is 5.86. The minimum Gasteiger partial charge on any atom is -0.328 e. The first-order valence-corrected chi connectivity index (χ1v) is 10.4.